The molecule has 0 unspecified atom stereocenters. The highest BCUT2D eigenvalue weighted by Gasteiger charge is 2.60. The monoisotopic (exact) mass is 593 g/mol. The van der Waals surface area contributed by atoms with E-state index in [1.807, 2.05) is 18.2 Å². The minimum absolute atomic E-state index is 0.0175. The largest absolute Gasteiger partial charge is 0.480 e. The summed E-state index contributed by atoms with van der Waals surface area (Å²) < 4.78 is 7.47. The van der Waals surface area contributed by atoms with Gasteiger partial charge in [-0.05, 0) is 90.3 Å². The molecule has 0 aliphatic carbocycles. The Bertz CT molecular complexity index is 873. The van der Waals surface area contributed by atoms with E-state index in [4.69, 9.17) is 4.74 Å². The molecule has 1 aliphatic rings. The van der Waals surface area contributed by atoms with Gasteiger partial charge in [0.15, 0.2) is 0 Å². The zero-order chi connectivity index (χ0) is 23.2. The second-order valence-electron chi connectivity index (χ2n) is 10.0. The lowest BCUT2D eigenvalue weighted by Crippen LogP contribution is -2.48. The molecule has 0 aromatic heterocycles. The van der Waals surface area contributed by atoms with Crippen LogP contribution in [-0.4, -0.2) is 39.5 Å². The molecule has 1 aromatic carbocycles. The number of halogens is 2. The molecule has 0 saturated carbocycles. The molecule has 30 heavy (non-hydrogen) atoms. The molecule has 0 radical (unpaired) electrons. The number of ether oxygens (including phenoxy) is 1. The normalized spacial score (nSPS) is 24.6. The van der Waals surface area contributed by atoms with E-state index < -0.39 is 40.5 Å². The smallest absolute Gasteiger partial charge is 0.326 e. The first kappa shape index (κ1) is 25.1. The van der Waals surface area contributed by atoms with Crippen molar-refractivity contribution in [2.45, 2.75) is 72.6 Å². The first-order valence-electron chi connectivity index (χ1n) is 9.73. The van der Waals surface area contributed by atoms with Crippen LogP contribution in [0.5, 0.6) is 0 Å². The number of aliphatic carboxylic acids is 1. The van der Waals surface area contributed by atoms with E-state index in [2.05, 4.69) is 38.5 Å². The molecule has 0 spiro atoms. The third kappa shape index (κ3) is 5.00. The zero-order valence-corrected chi connectivity index (χ0v) is 22.1. The third-order valence-corrected chi connectivity index (χ3v) is 7.45. The van der Waals surface area contributed by atoms with Crippen LogP contribution < -0.4 is 0 Å². The van der Waals surface area contributed by atoms with E-state index >= 15 is 0 Å². The number of carbonyl (C=O) groups is 3. The fourth-order valence-corrected chi connectivity index (χ4v) is 4.54. The predicted octanol–water partition coefficient (Wildman–Crippen LogP) is 5.17. The second-order valence-corrected chi connectivity index (χ2v) is 12.0. The van der Waals surface area contributed by atoms with Gasteiger partial charge in [0, 0.05) is 13.5 Å². The molecular weight excluding hydrogens is 565 g/mol. The lowest BCUT2D eigenvalue weighted by atomic mass is 9.77. The molecule has 1 saturated heterocycles. The van der Waals surface area contributed by atoms with Gasteiger partial charge in [-0.3, -0.25) is 9.59 Å². The summed E-state index contributed by atoms with van der Waals surface area (Å²) in [6.07, 6.45) is -0.0175. The van der Waals surface area contributed by atoms with Crippen molar-refractivity contribution in [2.24, 2.45) is 10.8 Å². The van der Waals surface area contributed by atoms with Crippen LogP contribution in [0.3, 0.4) is 0 Å². The molecule has 2 rings (SSSR count). The van der Waals surface area contributed by atoms with Crippen molar-refractivity contribution in [3.8, 4) is 0 Å². The maximum atomic E-state index is 13.4. The summed E-state index contributed by atoms with van der Waals surface area (Å²) >= 11 is 5.64. The Morgan fingerprint density at radius 2 is 1.77 bits per heavy atom. The summed E-state index contributed by atoms with van der Waals surface area (Å²) in [7, 11) is 0. The average molecular weight is 594 g/mol. The number of hydrogen-bond donors (Lipinski definition) is 1. The highest BCUT2D eigenvalue weighted by atomic mass is 127. The number of amides is 1. The van der Waals surface area contributed by atoms with Crippen LogP contribution in [0.1, 0.15) is 66.5 Å². The Hall–Kier alpha value is -1.16. The SMILES string of the molecule is CC(C)(C)OC(=O)[C@@]1(C)C[C@@H](C(=O)O)N(C(=O)C(C)(C)C)[C@H]1c1ccc(Br)c(I)c1. The number of hydrogen-bond acceptors (Lipinski definition) is 4. The Morgan fingerprint density at radius 3 is 2.20 bits per heavy atom. The number of rotatable bonds is 3. The van der Waals surface area contributed by atoms with Crippen molar-refractivity contribution in [2.75, 3.05) is 0 Å². The van der Waals surface area contributed by atoms with E-state index in [-0.39, 0.29) is 12.3 Å². The summed E-state index contributed by atoms with van der Waals surface area (Å²) in [6, 6.07) is 3.67. The number of benzene rings is 1. The highest BCUT2D eigenvalue weighted by molar-refractivity contribution is 14.1. The summed E-state index contributed by atoms with van der Waals surface area (Å²) in [5, 5.41) is 9.95. The molecule has 1 fully saturated rings. The zero-order valence-electron chi connectivity index (χ0n) is 18.4. The lowest BCUT2D eigenvalue weighted by Gasteiger charge is -2.38. The predicted molar refractivity (Wildman–Crippen MR) is 126 cm³/mol. The number of esters is 1. The Morgan fingerprint density at radius 1 is 1.20 bits per heavy atom. The van der Waals surface area contributed by atoms with E-state index in [1.54, 1.807) is 48.5 Å². The van der Waals surface area contributed by atoms with Crippen molar-refractivity contribution in [3.05, 3.63) is 31.8 Å². The fraction of sp³-hybridized carbons (Fsp3) is 0.591. The standard InChI is InChI=1S/C22H29BrINO5/c1-20(2,3)18(28)25-15(17(26)27)11-22(7,19(29)30-21(4,5)6)16(25)12-8-9-13(23)14(24)10-12/h8-10,15-16H,11H2,1-7H3,(H,26,27)/t15-,16-,22-/m0/s1. The van der Waals surface area contributed by atoms with Gasteiger partial charge in [-0.15, -0.1) is 0 Å². The molecular formula is C22H29BrINO5. The minimum Gasteiger partial charge on any atom is -0.480 e. The third-order valence-electron chi connectivity index (χ3n) is 5.12. The van der Waals surface area contributed by atoms with Gasteiger partial charge in [-0.2, -0.15) is 0 Å². The highest BCUT2D eigenvalue weighted by Crippen LogP contribution is 2.53. The molecule has 1 N–H and O–H groups in total. The molecule has 1 heterocycles. The van der Waals surface area contributed by atoms with Crippen LogP contribution in [0.15, 0.2) is 22.7 Å². The van der Waals surface area contributed by atoms with E-state index in [0.29, 0.717) is 5.56 Å². The number of carboxylic acids is 1. The van der Waals surface area contributed by atoms with Gasteiger partial charge in [-0.25, -0.2) is 4.79 Å². The van der Waals surface area contributed by atoms with Gasteiger partial charge in [-0.1, -0.05) is 26.8 Å². The first-order valence-corrected chi connectivity index (χ1v) is 11.6. The van der Waals surface area contributed by atoms with E-state index in [1.165, 1.54) is 4.90 Å². The van der Waals surface area contributed by atoms with Crippen LogP contribution in [0.2, 0.25) is 0 Å². The van der Waals surface area contributed by atoms with Gasteiger partial charge in [0.1, 0.15) is 11.6 Å². The Labute approximate surface area is 200 Å². The van der Waals surface area contributed by atoms with Crippen LogP contribution >= 0.6 is 38.5 Å². The molecule has 166 valence electrons. The maximum Gasteiger partial charge on any atom is 0.326 e. The molecule has 1 aromatic rings. The van der Waals surface area contributed by atoms with Crippen LogP contribution in [0.4, 0.5) is 0 Å². The lowest BCUT2D eigenvalue weighted by molar-refractivity contribution is -0.169. The van der Waals surface area contributed by atoms with Gasteiger partial charge in [0.25, 0.3) is 0 Å². The molecule has 1 aliphatic heterocycles. The maximum absolute atomic E-state index is 13.4. The van der Waals surface area contributed by atoms with Gasteiger partial charge in [0.05, 0.1) is 11.5 Å². The van der Waals surface area contributed by atoms with E-state index in [9.17, 15) is 19.5 Å². The van der Waals surface area contributed by atoms with Crippen LogP contribution in [0.25, 0.3) is 0 Å². The Kier molecular flexibility index (Phi) is 7.04. The molecule has 6 nitrogen and oxygen atoms in total. The average Bonchev–Trinajstić information content (AvgIpc) is 2.89. The van der Waals surface area contributed by atoms with Crippen LogP contribution in [0, 0.1) is 14.4 Å². The molecule has 8 heteroatoms. The number of carbonyl (C=O) groups excluding carboxylic acids is 2. The Balaban J connectivity index is 2.73. The summed E-state index contributed by atoms with van der Waals surface area (Å²) in [5.41, 5.74) is -2.06. The van der Waals surface area contributed by atoms with Gasteiger partial charge in [0.2, 0.25) is 5.91 Å². The second kappa shape index (κ2) is 8.41. The van der Waals surface area contributed by atoms with Crippen molar-refractivity contribution in [1.29, 1.82) is 0 Å². The van der Waals surface area contributed by atoms with Gasteiger partial charge < -0.3 is 14.7 Å². The minimum atomic E-state index is -1.21. The van der Waals surface area contributed by atoms with Crippen molar-refractivity contribution >= 4 is 56.4 Å². The fourth-order valence-electron chi connectivity index (χ4n) is 3.75. The topological polar surface area (TPSA) is 83.9 Å². The number of nitrogens with zero attached hydrogens (tertiary/aromatic N) is 1. The summed E-state index contributed by atoms with van der Waals surface area (Å²) in [4.78, 5) is 40.3. The van der Waals surface area contributed by atoms with Crippen LogP contribution in [-0.2, 0) is 19.1 Å². The van der Waals surface area contributed by atoms with Crippen molar-refractivity contribution in [3.63, 3.8) is 0 Å². The summed E-state index contributed by atoms with van der Waals surface area (Å²) in [6.45, 7) is 12.3. The molecule has 0 bridgehead atoms. The molecule has 3 atom stereocenters. The van der Waals surface area contributed by atoms with E-state index in [0.717, 1.165) is 8.04 Å². The first-order chi connectivity index (χ1) is 13.5. The molecule has 1 amide bonds. The van der Waals surface area contributed by atoms with Crippen molar-refractivity contribution in [1.82, 2.24) is 4.90 Å². The van der Waals surface area contributed by atoms with Gasteiger partial charge >= 0.3 is 11.9 Å². The van der Waals surface area contributed by atoms with Crippen molar-refractivity contribution < 1.29 is 24.2 Å². The quantitative estimate of drug-likeness (QED) is 0.386. The summed E-state index contributed by atoms with van der Waals surface area (Å²) in [5.74, 6) is -1.95. The number of carboxylic acid groups (broad SMARTS) is 1. The number of likely N-dealkylation sites (tertiary alicyclic amines) is 1.